The Kier molecular flexibility index (Phi) is 6.78. The smallest absolute Gasteiger partial charge is 0.224 e. The van der Waals surface area contributed by atoms with Gasteiger partial charge in [0.2, 0.25) is 5.91 Å². The molecule has 1 N–H and O–H groups in total. The zero-order chi connectivity index (χ0) is 17.5. The second kappa shape index (κ2) is 9.27. The number of morpholine rings is 1. The van der Waals surface area contributed by atoms with E-state index in [1.54, 1.807) is 12.1 Å². The van der Waals surface area contributed by atoms with Gasteiger partial charge in [0.05, 0.1) is 19.1 Å². The van der Waals surface area contributed by atoms with Crippen molar-refractivity contribution in [3.05, 3.63) is 35.6 Å². The average molecular weight is 349 g/mol. The molecular formula is C19H28FN3O2. The van der Waals surface area contributed by atoms with E-state index >= 15 is 0 Å². The molecule has 6 heteroatoms. The lowest BCUT2D eigenvalue weighted by Gasteiger charge is -2.32. The first kappa shape index (κ1) is 18.3. The number of carbonyl (C=O) groups excluding carboxylic acids is 1. The van der Waals surface area contributed by atoms with E-state index in [0.29, 0.717) is 13.1 Å². The lowest BCUT2D eigenvalue weighted by molar-refractivity contribution is -0.126. The Bertz CT molecular complexity index is 563. The monoisotopic (exact) mass is 349 g/mol. The molecule has 1 aromatic rings. The Labute approximate surface area is 149 Å². The molecule has 0 spiro atoms. The summed E-state index contributed by atoms with van der Waals surface area (Å²) in [5.74, 6) is -0.0175. The third-order valence-electron chi connectivity index (χ3n) is 5.00. The molecular weight excluding hydrogens is 321 g/mol. The van der Waals surface area contributed by atoms with Crippen LogP contribution in [-0.4, -0.2) is 68.2 Å². The highest BCUT2D eigenvalue weighted by molar-refractivity contribution is 5.78. The van der Waals surface area contributed by atoms with Gasteiger partial charge in [-0.3, -0.25) is 14.6 Å². The van der Waals surface area contributed by atoms with E-state index in [0.717, 1.165) is 64.3 Å². The molecule has 2 fully saturated rings. The number of carbonyl (C=O) groups is 1. The Balaban J connectivity index is 1.41. The van der Waals surface area contributed by atoms with Gasteiger partial charge in [0.15, 0.2) is 0 Å². The normalized spacial score (nSPS) is 22.7. The molecule has 1 atom stereocenters. The van der Waals surface area contributed by atoms with Crippen LogP contribution in [0.3, 0.4) is 0 Å². The Morgan fingerprint density at radius 3 is 2.88 bits per heavy atom. The number of piperidine rings is 1. The van der Waals surface area contributed by atoms with Crippen molar-refractivity contribution >= 4 is 5.91 Å². The van der Waals surface area contributed by atoms with Gasteiger partial charge in [0, 0.05) is 39.3 Å². The van der Waals surface area contributed by atoms with Gasteiger partial charge in [-0.1, -0.05) is 12.1 Å². The van der Waals surface area contributed by atoms with E-state index in [9.17, 15) is 9.18 Å². The van der Waals surface area contributed by atoms with Gasteiger partial charge in [-0.25, -0.2) is 4.39 Å². The molecule has 3 rings (SSSR count). The van der Waals surface area contributed by atoms with Crippen LogP contribution in [0.5, 0.6) is 0 Å². The number of hydrogen-bond donors (Lipinski definition) is 1. The minimum atomic E-state index is -0.202. The fraction of sp³-hybridized carbons (Fsp3) is 0.632. The number of ether oxygens (including phenoxy) is 1. The van der Waals surface area contributed by atoms with Gasteiger partial charge in [0.1, 0.15) is 5.82 Å². The van der Waals surface area contributed by atoms with Crippen LogP contribution in [0.15, 0.2) is 24.3 Å². The molecule has 0 saturated carbocycles. The Hall–Kier alpha value is -1.50. The van der Waals surface area contributed by atoms with Crippen molar-refractivity contribution in [1.29, 1.82) is 0 Å². The van der Waals surface area contributed by atoms with Crippen LogP contribution < -0.4 is 5.32 Å². The molecule has 2 aliphatic heterocycles. The number of nitrogens with zero attached hydrogens (tertiary/aromatic N) is 2. The number of hydrogen-bond acceptors (Lipinski definition) is 4. The summed E-state index contributed by atoms with van der Waals surface area (Å²) in [4.78, 5) is 17.0. The van der Waals surface area contributed by atoms with E-state index in [4.69, 9.17) is 4.74 Å². The molecule has 5 nitrogen and oxygen atoms in total. The Morgan fingerprint density at radius 1 is 1.24 bits per heavy atom. The van der Waals surface area contributed by atoms with Gasteiger partial charge in [-0.05, 0) is 37.1 Å². The van der Waals surface area contributed by atoms with Crippen LogP contribution in [0.2, 0.25) is 0 Å². The second-order valence-corrected chi connectivity index (χ2v) is 6.95. The number of amides is 1. The average Bonchev–Trinajstić information content (AvgIpc) is 2.63. The van der Waals surface area contributed by atoms with Gasteiger partial charge in [-0.2, -0.15) is 0 Å². The maximum atomic E-state index is 13.3. The number of rotatable bonds is 6. The molecule has 2 heterocycles. The molecule has 1 amide bonds. The predicted molar refractivity (Wildman–Crippen MR) is 94.7 cm³/mol. The van der Waals surface area contributed by atoms with Gasteiger partial charge in [-0.15, -0.1) is 0 Å². The largest absolute Gasteiger partial charge is 0.379 e. The molecule has 1 aromatic carbocycles. The number of likely N-dealkylation sites (tertiary alicyclic amines) is 1. The summed E-state index contributed by atoms with van der Waals surface area (Å²) in [6, 6.07) is 6.72. The van der Waals surface area contributed by atoms with Crippen LogP contribution in [0, 0.1) is 11.7 Å². The van der Waals surface area contributed by atoms with Gasteiger partial charge in [0.25, 0.3) is 0 Å². The quantitative estimate of drug-likeness (QED) is 0.845. The molecule has 0 bridgehead atoms. The third-order valence-corrected chi connectivity index (χ3v) is 5.00. The van der Waals surface area contributed by atoms with E-state index in [1.165, 1.54) is 6.07 Å². The van der Waals surface area contributed by atoms with Crippen LogP contribution in [0.1, 0.15) is 18.4 Å². The van der Waals surface area contributed by atoms with E-state index in [-0.39, 0.29) is 17.6 Å². The fourth-order valence-electron chi connectivity index (χ4n) is 3.61. The molecule has 138 valence electrons. The molecule has 0 aromatic heterocycles. The summed E-state index contributed by atoms with van der Waals surface area (Å²) >= 11 is 0. The van der Waals surface area contributed by atoms with Crippen LogP contribution >= 0.6 is 0 Å². The second-order valence-electron chi connectivity index (χ2n) is 6.95. The predicted octanol–water partition coefficient (Wildman–Crippen LogP) is 1.49. The Morgan fingerprint density at radius 2 is 2.08 bits per heavy atom. The highest BCUT2D eigenvalue weighted by Crippen LogP contribution is 2.19. The lowest BCUT2D eigenvalue weighted by Crippen LogP contribution is -2.45. The van der Waals surface area contributed by atoms with Crippen LogP contribution in [-0.2, 0) is 16.1 Å². The number of halogens is 1. The van der Waals surface area contributed by atoms with Crippen molar-refractivity contribution in [2.24, 2.45) is 5.92 Å². The van der Waals surface area contributed by atoms with Crippen molar-refractivity contribution in [2.75, 3.05) is 52.5 Å². The van der Waals surface area contributed by atoms with Crippen molar-refractivity contribution < 1.29 is 13.9 Å². The summed E-state index contributed by atoms with van der Waals surface area (Å²) in [6.45, 7) is 7.45. The SMILES string of the molecule is O=C(NCCN1CCOCC1)[C@@H]1CCCN(Cc2cccc(F)c2)C1. The molecule has 0 radical (unpaired) electrons. The minimum Gasteiger partial charge on any atom is -0.379 e. The van der Waals surface area contributed by atoms with Crippen molar-refractivity contribution in [3.8, 4) is 0 Å². The first-order valence-electron chi connectivity index (χ1n) is 9.25. The van der Waals surface area contributed by atoms with Crippen molar-refractivity contribution in [1.82, 2.24) is 15.1 Å². The van der Waals surface area contributed by atoms with Crippen molar-refractivity contribution in [3.63, 3.8) is 0 Å². The van der Waals surface area contributed by atoms with E-state index in [1.807, 2.05) is 6.07 Å². The highest BCUT2D eigenvalue weighted by Gasteiger charge is 2.25. The topological polar surface area (TPSA) is 44.8 Å². The first-order chi connectivity index (χ1) is 12.2. The van der Waals surface area contributed by atoms with Gasteiger partial charge < -0.3 is 10.1 Å². The zero-order valence-electron chi connectivity index (χ0n) is 14.8. The minimum absolute atomic E-state index is 0.0343. The summed E-state index contributed by atoms with van der Waals surface area (Å²) < 4.78 is 18.7. The first-order valence-corrected chi connectivity index (χ1v) is 9.25. The maximum absolute atomic E-state index is 13.3. The summed E-state index contributed by atoms with van der Waals surface area (Å²) in [5, 5.41) is 3.09. The molecule has 0 aliphatic carbocycles. The molecule has 2 saturated heterocycles. The van der Waals surface area contributed by atoms with Crippen LogP contribution in [0.25, 0.3) is 0 Å². The third kappa shape index (κ3) is 5.76. The van der Waals surface area contributed by atoms with Gasteiger partial charge >= 0.3 is 0 Å². The van der Waals surface area contributed by atoms with Crippen molar-refractivity contribution in [2.45, 2.75) is 19.4 Å². The fourth-order valence-corrected chi connectivity index (χ4v) is 3.61. The standard InChI is InChI=1S/C19H28FN3O2/c20-18-5-1-3-16(13-18)14-23-7-2-4-17(15-23)19(24)21-6-8-22-9-11-25-12-10-22/h1,3,5,13,17H,2,4,6-12,14-15H2,(H,21,24)/t17-/m1/s1. The molecule has 25 heavy (non-hydrogen) atoms. The van der Waals surface area contributed by atoms with E-state index in [2.05, 4.69) is 15.1 Å². The lowest BCUT2D eigenvalue weighted by atomic mass is 9.96. The summed E-state index contributed by atoms with van der Waals surface area (Å²) in [5.41, 5.74) is 0.966. The van der Waals surface area contributed by atoms with Crippen LogP contribution in [0.4, 0.5) is 4.39 Å². The zero-order valence-corrected chi connectivity index (χ0v) is 14.8. The number of nitrogens with one attached hydrogen (secondary N) is 1. The summed E-state index contributed by atoms with van der Waals surface area (Å²) in [6.07, 6.45) is 1.94. The number of benzene rings is 1. The molecule has 0 unspecified atom stereocenters. The molecule has 2 aliphatic rings. The van der Waals surface area contributed by atoms with E-state index < -0.39 is 0 Å². The summed E-state index contributed by atoms with van der Waals surface area (Å²) in [7, 11) is 0. The maximum Gasteiger partial charge on any atom is 0.224 e. The highest BCUT2D eigenvalue weighted by atomic mass is 19.1.